The number of ether oxygens (including phenoxy) is 1. The van der Waals surface area contributed by atoms with Crippen LogP contribution < -0.4 is 0 Å². The minimum atomic E-state index is -0.232. The molecular weight excluding hydrogens is 357 g/mol. The van der Waals surface area contributed by atoms with Crippen LogP contribution in [0.3, 0.4) is 0 Å². The Balaban J connectivity index is 1.79. The van der Waals surface area contributed by atoms with E-state index in [0.717, 1.165) is 5.56 Å². The molecule has 1 aliphatic rings. The van der Waals surface area contributed by atoms with E-state index in [4.69, 9.17) is 39.5 Å². The van der Waals surface area contributed by atoms with Crippen molar-refractivity contribution in [1.29, 1.82) is 0 Å². The average Bonchev–Trinajstić information content (AvgIpc) is 2.57. The fraction of sp³-hybridized carbons (Fsp3) is 0.235. The van der Waals surface area contributed by atoms with E-state index >= 15 is 0 Å². The first kappa shape index (κ1) is 16.6. The van der Waals surface area contributed by atoms with Crippen LogP contribution in [0.5, 0.6) is 0 Å². The van der Waals surface area contributed by atoms with E-state index in [2.05, 4.69) is 0 Å². The smallest absolute Gasteiger partial charge is 0.255 e. The summed E-state index contributed by atoms with van der Waals surface area (Å²) < 4.78 is 5.78. The summed E-state index contributed by atoms with van der Waals surface area (Å²) in [5.41, 5.74) is 1.40. The Bertz CT molecular complexity index is 736. The third kappa shape index (κ3) is 3.64. The first-order valence-electron chi connectivity index (χ1n) is 7.16. The molecule has 2 aromatic carbocycles. The van der Waals surface area contributed by atoms with E-state index in [9.17, 15) is 4.79 Å². The summed E-state index contributed by atoms with van der Waals surface area (Å²) >= 11 is 18.1. The highest BCUT2D eigenvalue weighted by molar-refractivity contribution is 6.42. The third-order valence-corrected chi connectivity index (χ3v) is 4.84. The second kappa shape index (κ2) is 7.10. The molecule has 0 radical (unpaired) electrons. The Morgan fingerprint density at radius 3 is 2.57 bits per heavy atom. The largest absolute Gasteiger partial charge is 0.370 e. The molecule has 0 saturated carbocycles. The van der Waals surface area contributed by atoms with E-state index in [1.807, 2.05) is 6.07 Å². The molecule has 0 N–H and O–H groups in total. The van der Waals surface area contributed by atoms with Gasteiger partial charge in [0.1, 0.15) is 6.10 Å². The highest BCUT2D eigenvalue weighted by atomic mass is 35.5. The van der Waals surface area contributed by atoms with Gasteiger partial charge in [-0.15, -0.1) is 0 Å². The van der Waals surface area contributed by atoms with Crippen LogP contribution in [-0.4, -0.2) is 30.5 Å². The van der Waals surface area contributed by atoms with Crippen LogP contribution in [0.15, 0.2) is 42.5 Å². The van der Waals surface area contributed by atoms with Crippen LogP contribution in [0, 0.1) is 0 Å². The van der Waals surface area contributed by atoms with Gasteiger partial charge in [0.2, 0.25) is 0 Å². The standard InChI is InChI=1S/C17H14Cl3NO2/c18-13-4-2-1-3-12(13)17(22)21-7-8-23-16(10-21)11-5-6-14(19)15(20)9-11/h1-6,9,16H,7-8,10H2. The molecular formula is C17H14Cl3NO2. The van der Waals surface area contributed by atoms with Crippen LogP contribution in [0.4, 0.5) is 0 Å². The van der Waals surface area contributed by atoms with Gasteiger partial charge < -0.3 is 9.64 Å². The molecule has 2 aromatic rings. The van der Waals surface area contributed by atoms with Crippen molar-refractivity contribution in [2.75, 3.05) is 19.7 Å². The van der Waals surface area contributed by atoms with Crippen molar-refractivity contribution in [3.8, 4) is 0 Å². The van der Waals surface area contributed by atoms with Crippen LogP contribution in [0.2, 0.25) is 15.1 Å². The molecule has 1 heterocycles. The van der Waals surface area contributed by atoms with E-state index in [0.29, 0.717) is 40.3 Å². The van der Waals surface area contributed by atoms with Crippen LogP contribution in [0.25, 0.3) is 0 Å². The van der Waals surface area contributed by atoms with Crippen molar-refractivity contribution in [1.82, 2.24) is 4.90 Å². The molecule has 1 amide bonds. The summed E-state index contributed by atoms with van der Waals surface area (Å²) in [6.45, 7) is 1.44. The maximum atomic E-state index is 12.7. The number of halogens is 3. The zero-order valence-electron chi connectivity index (χ0n) is 12.1. The molecule has 120 valence electrons. The van der Waals surface area contributed by atoms with Crippen LogP contribution >= 0.6 is 34.8 Å². The number of amides is 1. The molecule has 23 heavy (non-hydrogen) atoms. The summed E-state index contributed by atoms with van der Waals surface area (Å²) in [7, 11) is 0. The van der Waals surface area contributed by atoms with E-state index in [1.165, 1.54) is 0 Å². The molecule has 1 fully saturated rings. The van der Waals surface area contributed by atoms with Crippen LogP contribution in [0.1, 0.15) is 22.0 Å². The Morgan fingerprint density at radius 1 is 1.04 bits per heavy atom. The van der Waals surface area contributed by atoms with E-state index < -0.39 is 0 Å². The maximum absolute atomic E-state index is 12.7. The van der Waals surface area contributed by atoms with Gasteiger partial charge in [-0.05, 0) is 29.8 Å². The molecule has 0 bridgehead atoms. The normalized spacial score (nSPS) is 18.0. The van der Waals surface area contributed by atoms with Crippen molar-refractivity contribution in [3.05, 3.63) is 68.7 Å². The van der Waals surface area contributed by atoms with Crippen molar-refractivity contribution < 1.29 is 9.53 Å². The molecule has 6 heteroatoms. The first-order valence-corrected chi connectivity index (χ1v) is 8.30. The molecule has 0 aromatic heterocycles. The summed E-state index contributed by atoms with van der Waals surface area (Å²) in [6.07, 6.45) is -0.232. The van der Waals surface area contributed by atoms with Crippen molar-refractivity contribution >= 4 is 40.7 Å². The van der Waals surface area contributed by atoms with Crippen molar-refractivity contribution in [3.63, 3.8) is 0 Å². The van der Waals surface area contributed by atoms with Gasteiger partial charge >= 0.3 is 0 Å². The topological polar surface area (TPSA) is 29.5 Å². The molecule has 1 aliphatic heterocycles. The Labute approximate surface area is 149 Å². The lowest BCUT2D eigenvalue weighted by Gasteiger charge is -2.33. The van der Waals surface area contributed by atoms with Gasteiger partial charge in [-0.1, -0.05) is 53.0 Å². The van der Waals surface area contributed by atoms with Gasteiger partial charge in [-0.3, -0.25) is 4.79 Å². The van der Waals surface area contributed by atoms with Gasteiger partial charge in [0.15, 0.2) is 0 Å². The van der Waals surface area contributed by atoms with E-state index in [1.54, 1.807) is 41.3 Å². The minimum Gasteiger partial charge on any atom is -0.370 e. The van der Waals surface area contributed by atoms with Gasteiger partial charge in [-0.25, -0.2) is 0 Å². The lowest BCUT2D eigenvalue weighted by molar-refractivity contribution is -0.0228. The average molecular weight is 371 g/mol. The summed E-state index contributed by atoms with van der Waals surface area (Å²) in [5, 5.41) is 1.42. The molecule has 0 aliphatic carbocycles. The highest BCUT2D eigenvalue weighted by Gasteiger charge is 2.27. The number of carbonyl (C=O) groups is 1. The molecule has 3 nitrogen and oxygen atoms in total. The number of carbonyl (C=O) groups excluding carboxylic acids is 1. The number of nitrogens with zero attached hydrogens (tertiary/aromatic N) is 1. The number of hydrogen-bond acceptors (Lipinski definition) is 2. The lowest BCUT2D eigenvalue weighted by atomic mass is 10.1. The monoisotopic (exact) mass is 369 g/mol. The fourth-order valence-electron chi connectivity index (χ4n) is 2.55. The van der Waals surface area contributed by atoms with Gasteiger partial charge in [0, 0.05) is 6.54 Å². The minimum absolute atomic E-state index is 0.0936. The SMILES string of the molecule is O=C(c1ccccc1Cl)N1CCOC(c2ccc(Cl)c(Cl)c2)C1. The number of hydrogen-bond donors (Lipinski definition) is 0. The second-order valence-electron chi connectivity index (χ2n) is 5.26. The zero-order chi connectivity index (χ0) is 16.4. The number of benzene rings is 2. The summed E-state index contributed by atoms with van der Waals surface area (Å²) in [4.78, 5) is 14.4. The lowest BCUT2D eigenvalue weighted by Crippen LogP contribution is -2.42. The fourth-order valence-corrected chi connectivity index (χ4v) is 3.08. The predicted molar refractivity (Wildman–Crippen MR) is 92.5 cm³/mol. The van der Waals surface area contributed by atoms with Crippen molar-refractivity contribution in [2.45, 2.75) is 6.10 Å². The highest BCUT2D eigenvalue weighted by Crippen LogP contribution is 2.30. The van der Waals surface area contributed by atoms with Gasteiger partial charge in [-0.2, -0.15) is 0 Å². The summed E-state index contributed by atoms with van der Waals surface area (Å²) in [6, 6.07) is 12.4. The molecule has 3 rings (SSSR count). The number of morpholine rings is 1. The first-order chi connectivity index (χ1) is 11.1. The zero-order valence-corrected chi connectivity index (χ0v) is 14.4. The Morgan fingerprint density at radius 2 is 1.83 bits per heavy atom. The second-order valence-corrected chi connectivity index (χ2v) is 6.49. The number of rotatable bonds is 2. The Kier molecular flexibility index (Phi) is 5.12. The van der Waals surface area contributed by atoms with Gasteiger partial charge in [0.05, 0.1) is 33.8 Å². The van der Waals surface area contributed by atoms with Crippen LogP contribution in [-0.2, 0) is 4.74 Å². The Hall–Kier alpha value is -1.26. The third-order valence-electron chi connectivity index (χ3n) is 3.77. The molecule has 1 unspecified atom stereocenters. The van der Waals surface area contributed by atoms with Gasteiger partial charge in [0.25, 0.3) is 5.91 Å². The quantitative estimate of drug-likeness (QED) is 0.755. The maximum Gasteiger partial charge on any atom is 0.255 e. The van der Waals surface area contributed by atoms with E-state index in [-0.39, 0.29) is 12.0 Å². The molecule has 1 atom stereocenters. The molecule has 1 saturated heterocycles. The molecule has 0 spiro atoms. The summed E-state index contributed by atoms with van der Waals surface area (Å²) in [5.74, 6) is -0.0936. The van der Waals surface area contributed by atoms with Crippen molar-refractivity contribution in [2.24, 2.45) is 0 Å². The predicted octanol–water partition coefficient (Wildman–Crippen LogP) is 4.86.